The van der Waals surface area contributed by atoms with E-state index in [1.54, 1.807) is 25.6 Å². The minimum atomic E-state index is -0.501. The van der Waals surface area contributed by atoms with E-state index < -0.39 is 5.91 Å². The number of ether oxygens (including phenoxy) is 1. The van der Waals surface area contributed by atoms with Crippen LogP contribution < -0.4 is 10.5 Å². The molecule has 19 heavy (non-hydrogen) atoms. The summed E-state index contributed by atoms with van der Waals surface area (Å²) in [5, 5.41) is 0. The highest BCUT2D eigenvalue weighted by Gasteiger charge is 2.01. The van der Waals surface area contributed by atoms with Crippen LogP contribution in [0.4, 0.5) is 0 Å². The van der Waals surface area contributed by atoms with Crippen LogP contribution in [0.2, 0.25) is 0 Å². The van der Waals surface area contributed by atoms with E-state index in [-0.39, 0.29) is 0 Å². The fourth-order valence-electron chi connectivity index (χ4n) is 1.49. The van der Waals surface area contributed by atoms with E-state index in [1.165, 1.54) is 6.08 Å². The highest BCUT2D eigenvalue weighted by Crippen LogP contribution is 2.18. The molecule has 5 nitrogen and oxygen atoms in total. The number of rotatable bonds is 4. The maximum atomic E-state index is 10.6. The molecule has 0 aliphatic carbocycles. The molecule has 0 unspecified atom stereocenters. The van der Waals surface area contributed by atoms with E-state index in [2.05, 4.69) is 9.97 Å². The van der Waals surface area contributed by atoms with Gasteiger partial charge in [-0.3, -0.25) is 4.79 Å². The number of nitrogens with two attached hydrogens (primary N) is 1. The van der Waals surface area contributed by atoms with Gasteiger partial charge in [-0.05, 0) is 30.3 Å². The van der Waals surface area contributed by atoms with E-state index in [0.717, 1.165) is 16.9 Å². The molecule has 5 heteroatoms. The van der Waals surface area contributed by atoms with Crippen LogP contribution >= 0.6 is 0 Å². The first-order valence-corrected chi connectivity index (χ1v) is 5.63. The van der Waals surface area contributed by atoms with Gasteiger partial charge in [-0.25, -0.2) is 9.97 Å². The van der Waals surface area contributed by atoms with E-state index in [0.29, 0.717) is 5.82 Å². The van der Waals surface area contributed by atoms with Crippen LogP contribution in [0.1, 0.15) is 5.56 Å². The number of hydrogen-bond acceptors (Lipinski definition) is 4. The van der Waals surface area contributed by atoms with Gasteiger partial charge in [0.25, 0.3) is 0 Å². The molecule has 2 aromatic rings. The Morgan fingerprint density at radius 2 is 1.84 bits per heavy atom. The van der Waals surface area contributed by atoms with Crippen LogP contribution in [-0.2, 0) is 4.79 Å². The fraction of sp³-hybridized carbons (Fsp3) is 0.0714. The highest BCUT2D eigenvalue weighted by atomic mass is 16.5. The summed E-state index contributed by atoms with van der Waals surface area (Å²) < 4.78 is 5.08. The Bertz CT molecular complexity index is 589. The summed E-state index contributed by atoms with van der Waals surface area (Å²) in [6.45, 7) is 0. The zero-order valence-corrected chi connectivity index (χ0v) is 10.4. The Morgan fingerprint density at radius 3 is 2.37 bits per heavy atom. The van der Waals surface area contributed by atoms with Gasteiger partial charge < -0.3 is 10.5 Å². The normalized spacial score (nSPS) is 10.6. The molecule has 0 spiro atoms. The van der Waals surface area contributed by atoms with Crippen molar-refractivity contribution in [2.45, 2.75) is 0 Å². The van der Waals surface area contributed by atoms with Crippen LogP contribution in [0.15, 0.2) is 42.7 Å². The number of carbonyl (C=O) groups is 1. The van der Waals surface area contributed by atoms with Crippen molar-refractivity contribution in [3.63, 3.8) is 0 Å². The Balaban J connectivity index is 2.19. The largest absolute Gasteiger partial charge is 0.497 e. The van der Waals surface area contributed by atoms with E-state index in [1.807, 2.05) is 24.3 Å². The average molecular weight is 255 g/mol. The molecule has 0 aliphatic heterocycles. The molecule has 1 heterocycles. The Kier molecular flexibility index (Phi) is 3.87. The zero-order chi connectivity index (χ0) is 13.7. The van der Waals surface area contributed by atoms with E-state index in [9.17, 15) is 4.79 Å². The smallest absolute Gasteiger partial charge is 0.241 e. The minimum Gasteiger partial charge on any atom is -0.497 e. The molecule has 1 aromatic carbocycles. The third kappa shape index (κ3) is 3.38. The van der Waals surface area contributed by atoms with Crippen LogP contribution in [-0.4, -0.2) is 23.0 Å². The van der Waals surface area contributed by atoms with E-state index in [4.69, 9.17) is 10.5 Å². The predicted octanol–water partition coefficient (Wildman–Crippen LogP) is 1.65. The molecule has 96 valence electrons. The summed E-state index contributed by atoms with van der Waals surface area (Å²) in [6, 6.07) is 7.46. The third-order valence-corrected chi connectivity index (χ3v) is 2.46. The summed E-state index contributed by atoms with van der Waals surface area (Å²) in [5.41, 5.74) is 6.62. The van der Waals surface area contributed by atoms with Gasteiger partial charge in [-0.15, -0.1) is 0 Å². The summed E-state index contributed by atoms with van der Waals surface area (Å²) in [6.07, 6.45) is 6.10. The Hall–Kier alpha value is -2.69. The molecular formula is C14H13N3O2. The summed E-state index contributed by atoms with van der Waals surface area (Å²) in [7, 11) is 1.62. The second-order valence-electron chi connectivity index (χ2n) is 3.80. The van der Waals surface area contributed by atoms with Gasteiger partial charge in [-0.2, -0.15) is 0 Å². The molecule has 1 aromatic heterocycles. The molecule has 0 fully saturated rings. The summed E-state index contributed by atoms with van der Waals surface area (Å²) in [4.78, 5) is 19.1. The van der Waals surface area contributed by atoms with Gasteiger partial charge in [0.15, 0.2) is 5.82 Å². The second kappa shape index (κ2) is 5.77. The van der Waals surface area contributed by atoms with Crippen LogP contribution in [0.5, 0.6) is 5.75 Å². The third-order valence-electron chi connectivity index (χ3n) is 2.46. The first kappa shape index (κ1) is 12.8. The standard InChI is InChI=1S/C14H13N3O2/c1-19-12-5-3-11(4-6-12)14-16-8-10(9-17-14)2-7-13(15)18/h2-9H,1H3,(H2,15,18)/b7-2-. The first-order valence-electron chi connectivity index (χ1n) is 5.63. The SMILES string of the molecule is COc1ccc(-c2ncc(/C=C\C(N)=O)cn2)cc1. The lowest BCUT2D eigenvalue weighted by Gasteiger charge is -2.02. The van der Waals surface area contributed by atoms with Crippen molar-refractivity contribution in [3.8, 4) is 17.1 Å². The lowest BCUT2D eigenvalue weighted by atomic mass is 10.2. The van der Waals surface area contributed by atoms with Crippen molar-refractivity contribution in [2.24, 2.45) is 5.73 Å². The second-order valence-corrected chi connectivity index (χ2v) is 3.80. The maximum absolute atomic E-state index is 10.6. The lowest BCUT2D eigenvalue weighted by Crippen LogP contribution is -2.05. The molecule has 0 saturated carbocycles. The number of carbonyl (C=O) groups excluding carboxylic acids is 1. The molecular weight excluding hydrogens is 242 g/mol. The molecule has 1 amide bonds. The number of amides is 1. The highest BCUT2D eigenvalue weighted by molar-refractivity contribution is 5.90. The molecule has 0 aliphatic rings. The number of methoxy groups -OCH3 is 1. The Labute approximate surface area is 110 Å². The number of primary amides is 1. The first-order chi connectivity index (χ1) is 9.19. The number of aromatic nitrogens is 2. The lowest BCUT2D eigenvalue weighted by molar-refractivity contribution is -0.113. The van der Waals surface area contributed by atoms with Crippen LogP contribution in [0, 0.1) is 0 Å². The zero-order valence-electron chi connectivity index (χ0n) is 10.4. The van der Waals surface area contributed by atoms with Crippen molar-refractivity contribution in [2.75, 3.05) is 7.11 Å². The molecule has 0 radical (unpaired) electrons. The van der Waals surface area contributed by atoms with Gasteiger partial charge in [0.2, 0.25) is 5.91 Å². The maximum Gasteiger partial charge on any atom is 0.241 e. The molecule has 0 bridgehead atoms. The van der Waals surface area contributed by atoms with Crippen molar-refractivity contribution < 1.29 is 9.53 Å². The van der Waals surface area contributed by atoms with Crippen molar-refractivity contribution in [3.05, 3.63) is 48.3 Å². The summed E-state index contributed by atoms with van der Waals surface area (Å²) in [5.74, 6) is 0.892. The van der Waals surface area contributed by atoms with Crippen LogP contribution in [0.25, 0.3) is 17.5 Å². The molecule has 2 N–H and O–H groups in total. The minimum absolute atomic E-state index is 0.501. The van der Waals surface area contributed by atoms with Gasteiger partial charge in [0.1, 0.15) is 5.75 Å². The number of nitrogens with zero attached hydrogens (tertiary/aromatic N) is 2. The van der Waals surface area contributed by atoms with Gasteiger partial charge in [0, 0.05) is 29.6 Å². The van der Waals surface area contributed by atoms with Gasteiger partial charge in [-0.1, -0.05) is 0 Å². The van der Waals surface area contributed by atoms with E-state index >= 15 is 0 Å². The van der Waals surface area contributed by atoms with Crippen molar-refractivity contribution >= 4 is 12.0 Å². The summed E-state index contributed by atoms with van der Waals surface area (Å²) >= 11 is 0. The molecule has 0 atom stereocenters. The fourth-order valence-corrected chi connectivity index (χ4v) is 1.49. The predicted molar refractivity (Wildman–Crippen MR) is 72.2 cm³/mol. The van der Waals surface area contributed by atoms with Gasteiger partial charge >= 0.3 is 0 Å². The average Bonchev–Trinajstić information content (AvgIpc) is 2.46. The molecule has 0 saturated heterocycles. The quantitative estimate of drug-likeness (QED) is 0.842. The topological polar surface area (TPSA) is 78.1 Å². The number of hydrogen-bond donors (Lipinski definition) is 1. The molecule has 2 rings (SSSR count). The van der Waals surface area contributed by atoms with Crippen LogP contribution in [0.3, 0.4) is 0 Å². The monoisotopic (exact) mass is 255 g/mol. The van der Waals surface area contributed by atoms with Crippen molar-refractivity contribution in [1.82, 2.24) is 9.97 Å². The Morgan fingerprint density at radius 1 is 1.21 bits per heavy atom. The number of benzene rings is 1. The van der Waals surface area contributed by atoms with Crippen molar-refractivity contribution in [1.29, 1.82) is 0 Å². The van der Waals surface area contributed by atoms with Gasteiger partial charge in [0.05, 0.1) is 7.11 Å².